The zero-order chi connectivity index (χ0) is 13.7. The minimum Gasteiger partial charge on any atom is -0.307 e. The van der Waals surface area contributed by atoms with Crippen LogP contribution in [0.4, 0.5) is 11.4 Å². The van der Waals surface area contributed by atoms with Crippen LogP contribution in [0.5, 0.6) is 0 Å². The average molecular weight is 275 g/mol. The molecule has 0 spiro atoms. The summed E-state index contributed by atoms with van der Waals surface area (Å²) >= 11 is 0. The highest BCUT2D eigenvalue weighted by Gasteiger charge is 2.02. The van der Waals surface area contributed by atoms with Crippen molar-refractivity contribution in [3.63, 3.8) is 0 Å². The number of hydrazine groups is 1. The fraction of sp³-hybridized carbons (Fsp3) is 0.0769. The van der Waals surface area contributed by atoms with Crippen molar-refractivity contribution in [2.24, 2.45) is 10.2 Å². The number of hydrogen-bond donors (Lipinski definition) is 1. The normalized spacial score (nSPS) is 9.95. The number of nitrogens with two attached hydrogens (primary N) is 1. The molecule has 0 radical (unpaired) electrons. The molecule has 0 saturated heterocycles. The van der Waals surface area contributed by atoms with Crippen LogP contribution < -0.4 is 10.9 Å². The quantitative estimate of drug-likeness (QED) is 0.686. The van der Waals surface area contributed by atoms with Gasteiger partial charge in [-0.1, -0.05) is 30.3 Å². The van der Waals surface area contributed by atoms with E-state index in [1.807, 2.05) is 30.3 Å². The average Bonchev–Trinajstić information content (AvgIpc) is 2.41. The van der Waals surface area contributed by atoms with Gasteiger partial charge in [0.15, 0.2) is 0 Å². The standard InChI is InChI=1S/C13H13N3O2S/c14-16(13-4-2-1-3-5-13)10-11-6-8-12(9-7-11)15-19(17)18/h1-9H,10,14H2. The molecule has 0 unspecified atom stereocenters. The van der Waals surface area contributed by atoms with Crippen molar-refractivity contribution in [3.8, 4) is 0 Å². The lowest BCUT2D eigenvalue weighted by molar-refractivity contribution is 0.622. The van der Waals surface area contributed by atoms with Crippen LogP contribution in [0.2, 0.25) is 0 Å². The Morgan fingerprint density at radius 2 is 1.63 bits per heavy atom. The second-order valence-corrected chi connectivity index (χ2v) is 4.56. The van der Waals surface area contributed by atoms with Gasteiger partial charge in [-0.2, -0.15) is 8.42 Å². The van der Waals surface area contributed by atoms with E-state index in [9.17, 15) is 8.42 Å². The second-order valence-electron chi connectivity index (χ2n) is 3.94. The Morgan fingerprint density at radius 3 is 2.21 bits per heavy atom. The molecule has 5 nitrogen and oxygen atoms in total. The maximum absolute atomic E-state index is 10.4. The summed E-state index contributed by atoms with van der Waals surface area (Å²) in [5.74, 6) is 5.96. The van der Waals surface area contributed by atoms with Gasteiger partial charge in [0, 0.05) is 0 Å². The Kier molecular flexibility index (Phi) is 4.27. The Bertz CT molecular complexity index is 659. The largest absolute Gasteiger partial charge is 0.316 e. The first-order valence-corrected chi connectivity index (χ1v) is 6.65. The monoisotopic (exact) mass is 275 g/mol. The summed E-state index contributed by atoms with van der Waals surface area (Å²) in [6, 6.07) is 16.5. The van der Waals surface area contributed by atoms with Gasteiger partial charge in [-0.15, -0.1) is 4.36 Å². The van der Waals surface area contributed by atoms with Gasteiger partial charge in [-0.05, 0) is 29.8 Å². The van der Waals surface area contributed by atoms with E-state index in [1.54, 1.807) is 29.3 Å². The fourth-order valence-corrected chi connectivity index (χ4v) is 1.95. The minimum atomic E-state index is -2.42. The van der Waals surface area contributed by atoms with Gasteiger partial charge in [-0.25, -0.2) is 5.84 Å². The first-order chi connectivity index (χ1) is 9.15. The molecule has 0 atom stereocenters. The molecule has 0 aromatic heterocycles. The molecule has 0 aliphatic heterocycles. The third kappa shape index (κ3) is 3.90. The molecule has 0 heterocycles. The molecule has 98 valence electrons. The number of benzene rings is 2. The van der Waals surface area contributed by atoms with Crippen LogP contribution in [0, 0.1) is 0 Å². The highest BCUT2D eigenvalue weighted by atomic mass is 32.2. The number of hydrogen-bond acceptors (Lipinski definition) is 5. The van der Waals surface area contributed by atoms with Crippen LogP contribution in [-0.2, 0) is 17.0 Å². The van der Waals surface area contributed by atoms with Crippen LogP contribution in [0.15, 0.2) is 59.0 Å². The van der Waals surface area contributed by atoms with E-state index in [-0.39, 0.29) is 0 Å². The van der Waals surface area contributed by atoms with E-state index in [0.717, 1.165) is 11.3 Å². The lowest BCUT2D eigenvalue weighted by Crippen LogP contribution is -2.29. The summed E-state index contributed by atoms with van der Waals surface area (Å²) < 4.78 is 24.3. The molecule has 2 N–H and O–H groups in total. The molecule has 0 fully saturated rings. The maximum Gasteiger partial charge on any atom is 0.316 e. The Labute approximate surface area is 113 Å². The molecule has 0 aliphatic rings. The third-order valence-electron chi connectivity index (χ3n) is 2.56. The van der Waals surface area contributed by atoms with Gasteiger partial charge in [0.2, 0.25) is 0 Å². The van der Waals surface area contributed by atoms with Gasteiger partial charge in [-0.3, -0.25) is 0 Å². The number of nitrogens with zero attached hydrogens (tertiary/aromatic N) is 2. The third-order valence-corrected chi connectivity index (χ3v) is 2.92. The van der Waals surface area contributed by atoms with E-state index in [2.05, 4.69) is 4.36 Å². The van der Waals surface area contributed by atoms with Crippen LogP contribution >= 0.6 is 0 Å². The maximum atomic E-state index is 10.4. The molecule has 2 aromatic rings. The van der Waals surface area contributed by atoms with Gasteiger partial charge >= 0.3 is 10.5 Å². The number of rotatable bonds is 4. The predicted molar refractivity (Wildman–Crippen MR) is 74.3 cm³/mol. The summed E-state index contributed by atoms with van der Waals surface area (Å²) in [6.07, 6.45) is 0. The summed E-state index contributed by atoms with van der Waals surface area (Å²) in [4.78, 5) is 0. The second kappa shape index (κ2) is 6.12. The van der Waals surface area contributed by atoms with Crippen LogP contribution in [0.3, 0.4) is 0 Å². The lowest BCUT2D eigenvalue weighted by Gasteiger charge is -2.18. The molecule has 0 bridgehead atoms. The van der Waals surface area contributed by atoms with E-state index in [0.29, 0.717) is 12.2 Å². The summed E-state index contributed by atoms with van der Waals surface area (Å²) in [6.45, 7) is 0.532. The Balaban J connectivity index is 2.10. The molecular weight excluding hydrogens is 262 g/mol. The predicted octanol–water partition coefficient (Wildman–Crippen LogP) is 2.26. The van der Waals surface area contributed by atoms with Crippen molar-refractivity contribution in [1.29, 1.82) is 0 Å². The van der Waals surface area contributed by atoms with Crippen LogP contribution in [0.25, 0.3) is 0 Å². The van der Waals surface area contributed by atoms with Gasteiger partial charge in [0.05, 0.1) is 17.9 Å². The summed E-state index contributed by atoms with van der Waals surface area (Å²) in [5.41, 5.74) is 2.29. The minimum absolute atomic E-state index is 0.403. The van der Waals surface area contributed by atoms with Crippen LogP contribution in [0.1, 0.15) is 5.56 Å². The molecular formula is C13H13N3O2S. The zero-order valence-electron chi connectivity index (χ0n) is 10.1. The van der Waals surface area contributed by atoms with Crippen molar-refractivity contribution >= 4 is 21.9 Å². The smallest absolute Gasteiger partial charge is 0.307 e. The highest BCUT2D eigenvalue weighted by molar-refractivity contribution is 7.61. The first kappa shape index (κ1) is 13.3. The van der Waals surface area contributed by atoms with E-state index in [1.165, 1.54) is 0 Å². The van der Waals surface area contributed by atoms with Gasteiger partial charge in [0.1, 0.15) is 0 Å². The molecule has 2 rings (SSSR count). The topological polar surface area (TPSA) is 75.8 Å². The van der Waals surface area contributed by atoms with Crippen molar-refractivity contribution in [1.82, 2.24) is 0 Å². The highest BCUT2D eigenvalue weighted by Crippen LogP contribution is 2.16. The summed E-state index contributed by atoms with van der Waals surface area (Å²) in [5, 5.41) is 1.62. The lowest BCUT2D eigenvalue weighted by atomic mass is 10.2. The van der Waals surface area contributed by atoms with Crippen LogP contribution in [-0.4, -0.2) is 8.42 Å². The van der Waals surface area contributed by atoms with Gasteiger partial charge in [0.25, 0.3) is 0 Å². The van der Waals surface area contributed by atoms with Crippen molar-refractivity contribution in [2.45, 2.75) is 6.54 Å². The molecule has 6 heteroatoms. The summed E-state index contributed by atoms with van der Waals surface area (Å²) in [7, 11) is -2.42. The first-order valence-electron chi connectivity index (χ1n) is 5.62. The number of para-hydroxylation sites is 1. The zero-order valence-corrected chi connectivity index (χ0v) is 10.9. The van der Waals surface area contributed by atoms with E-state index >= 15 is 0 Å². The molecule has 19 heavy (non-hydrogen) atoms. The molecule has 2 aromatic carbocycles. The molecule has 0 aliphatic carbocycles. The Morgan fingerprint density at radius 1 is 1.00 bits per heavy atom. The van der Waals surface area contributed by atoms with Crippen molar-refractivity contribution in [2.75, 3.05) is 5.01 Å². The van der Waals surface area contributed by atoms with Crippen molar-refractivity contribution in [3.05, 3.63) is 60.2 Å². The molecule has 0 amide bonds. The van der Waals surface area contributed by atoms with Gasteiger partial charge < -0.3 is 5.01 Å². The SMILES string of the molecule is NN(Cc1ccc(N=S(=O)=O)cc1)c1ccccc1. The Hall–Kier alpha value is -2.18. The molecule has 0 saturated carbocycles. The number of anilines is 1. The fourth-order valence-electron chi connectivity index (χ4n) is 1.66. The van der Waals surface area contributed by atoms with E-state index < -0.39 is 10.5 Å². The van der Waals surface area contributed by atoms with E-state index in [4.69, 9.17) is 5.84 Å². The van der Waals surface area contributed by atoms with Crippen molar-refractivity contribution < 1.29 is 8.42 Å².